The van der Waals surface area contributed by atoms with Gasteiger partial charge in [0, 0.05) is 24.9 Å². The van der Waals surface area contributed by atoms with Crippen molar-refractivity contribution in [1.29, 1.82) is 0 Å². The molecule has 1 rings (SSSR count). The van der Waals surface area contributed by atoms with Gasteiger partial charge in [-0.05, 0) is 43.4 Å². The van der Waals surface area contributed by atoms with E-state index < -0.39 is 10.0 Å². The highest BCUT2D eigenvalue weighted by atomic mass is 32.2. The van der Waals surface area contributed by atoms with Crippen molar-refractivity contribution in [2.24, 2.45) is 5.41 Å². The number of hydrogen-bond acceptors (Lipinski definition) is 4. The molecule has 1 unspecified atom stereocenters. The Morgan fingerprint density at radius 3 is 2.32 bits per heavy atom. The van der Waals surface area contributed by atoms with Crippen LogP contribution < -0.4 is 10.0 Å². The van der Waals surface area contributed by atoms with E-state index in [1.807, 2.05) is 12.1 Å². The molecule has 1 aromatic rings. The molecule has 0 aliphatic rings. The molecule has 0 amide bonds. The Morgan fingerprint density at radius 1 is 1.23 bits per heavy atom. The Balaban J connectivity index is 2.63. The summed E-state index contributed by atoms with van der Waals surface area (Å²) < 4.78 is 25.6. The Morgan fingerprint density at radius 2 is 1.82 bits per heavy atom. The summed E-state index contributed by atoms with van der Waals surface area (Å²) in [5.74, 6) is 0.0622. The van der Waals surface area contributed by atoms with Crippen LogP contribution in [0.3, 0.4) is 0 Å². The standard InChI is InChI=1S/C16H28N2O3S/c1-5-22(20,21)18-15-8-6-14(7-9-15)13(2)17-12-16(3,4)10-11-19/h6-9,13,17-19H,5,10-12H2,1-4H3. The van der Waals surface area contributed by atoms with Crippen LogP contribution in [-0.2, 0) is 10.0 Å². The van der Waals surface area contributed by atoms with E-state index in [1.165, 1.54) is 0 Å². The SMILES string of the molecule is CCS(=O)(=O)Nc1ccc(C(C)NCC(C)(C)CCO)cc1. The lowest BCUT2D eigenvalue weighted by Gasteiger charge is -2.26. The number of aliphatic hydroxyl groups excluding tert-OH is 1. The minimum atomic E-state index is -3.23. The zero-order valence-corrected chi connectivity index (χ0v) is 14.7. The van der Waals surface area contributed by atoms with Crippen LogP contribution in [0.5, 0.6) is 0 Å². The summed E-state index contributed by atoms with van der Waals surface area (Å²) in [6, 6.07) is 7.56. The average Bonchev–Trinajstić information content (AvgIpc) is 2.45. The minimum Gasteiger partial charge on any atom is -0.396 e. The molecule has 0 aliphatic heterocycles. The molecule has 0 saturated heterocycles. The molecule has 0 spiro atoms. The van der Waals surface area contributed by atoms with Gasteiger partial charge in [0.2, 0.25) is 10.0 Å². The lowest BCUT2D eigenvalue weighted by molar-refractivity contribution is 0.204. The third kappa shape index (κ3) is 6.34. The highest BCUT2D eigenvalue weighted by Crippen LogP contribution is 2.21. The number of nitrogens with one attached hydrogen (secondary N) is 2. The Bertz CT molecular complexity index is 553. The predicted molar refractivity (Wildman–Crippen MR) is 91.4 cm³/mol. The monoisotopic (exact) mass is 328 g/mol. The van der Waals surface area contributed by atoms with Crippen LogP contribution in [0, 0.1) is 5.41 Å². The molecule has 126 valence electrons. The highest BCUT2D eigenvalue weighted by molar-refractivity contribution is 7.92. The van der Waals surface area contributed by atoms with Crippen LogP contribution in [0.4, 0.5) is 5.69 Å². The zero-order chi connectivity index (χ0) is 16.8. The predicted octanol–water partition coefficient (Wildman–Crippen LogP) is 2.51. The maximum absolute atomic E-state index is 11.5. The minimum absolute atomic E-state index is 0.0414. The first-order valence-corrected chi connectivity index (χ1v) is 9.29. The van der Waals surface area contributed by atoms with Gasteiger partial charge in [-0.2, -0.15) is 0 Å². The lowest BCUT2D eigenvalue weighted by Crippen LogP contribution is -2.32. The average molecular weight is 328 g/mol. The third-order valence-electron chi connectivity index (χ3n) is 3.74. The van der Waals surface area contributed by atoms with Crippen molar-refractivity contribution >= 4 is 15.7 Å². The molecule has 0 radical (unpaired) electrons. The lowest BCUT2D eigenvalue weighted by atomic mass is 9.89. The van der Waals surface area contributed by atoms with E-state index in [1.54, 1.807) is 19.1 Å². The molecule has 0 bridgehead atoms. The maximum atomic E-state index is 11.5. The molecule has 0 aromatic heterocycles. The van der Waals surface area contributed by atoms with E-state index >= 15 is 0 Å². The van der Waals surface area contributed by atoms with Crippen molar-refractivity contribution < 1.29 is 13.5 Å². The van der Waals surface area contributed by atoms with Gasteiger partial charge in [-0.25, -0.2) is 8.42 Å². The van der Waals surface area contributed by atoms with Crippen molar-refractivity contribution in [3.8, 4) is 0 Å². The summed E-state index contributed by atoms with van der Waals surface area (Å²) in [6.07, 6.45) is 0.754. The van der Waals surface area contributed by atoms with Crippen molar-refractivity contribution in [2.45, 2.75) is 40.2 Å². The van der Waals surface area contributed by atoms with E-state index in [0.717, 1.165) is 18.5 Å². The van der Waals surface area contributed by atoms with Gasteiger partial charge in [0.15, 0.2) is 0 Å². The van der Waals surface area contributed by atoms with Gasteiger partial charge in [0.1, 0.15) is 0 Å². The van der Waals surface area contributed by atoms with Gasteiger partial charge in [0.25, 0.3) is 0 Å². The van der Waals surface area contributed by atoms with Gasteiger partial charge >= 0.3 is 0 Å². The first-order chi connectivity index (χ1) is 10.2. The summed E-state index contributed by atoms with van der Waals surface area (Å²) in [6.45, 7) is 8.91. The van der Waals surface area contributed by atoms with Gasteiger partial charge in [-0.1, -0.05) is 26.0 Å². The molecule has 22 heavy (non-hydrogen) atoms. The molecular formula is C16H28N2O3S. The van der Waals surface area contributed by atoms with Crippen LogP contribution in [0.1, 0.15) is 45.7 Å². The fourth-order valence-electron chi connectivity index (χ4n) is 2.03. The normalized spacial score (nSPS) is 13.9. The summed E-state index contributed by atoms with van der Waals surface area (Å²) in [5, 5.41) is 12.5. The molecule has 3 N–H and O–H groups in total. The van der Waals surface area contributed by atoms with Crippen LogP contribution >= 0.6 is 0 Å². The summed E-state index contributed by atoms with van der Waals surface area (Å²) >= 11 is 0. The van der Waals surface area contributed by atoms with E-state index in [9.17, 15) is 8.42 Å². The van der Waals surface area contributed by atoms with E-state index in [-0.39, 0.29) is 23.8 Å². The van der Waals surface area contributed by atoms with Crippen molar-refractivity contribution in [3.05, 3.63) is 29.8 Å². The number of sulfonamides is 1. The van der Waals surface area contributed by atoms with Gasteiger partial charge in [-0.3, -0.25) is 4.72 Å². The summed E-state index contributed by atoms with van der Waals surface area (Å²) in [5.41, 5.74) is 1.72. The first kappa shape index (κ1) is 18.9. The van der Waals surface area contributed by atoms with Crippen molar-refractivity contribution in [2.75, 3.05) is 23.6 Å². The van der Waals surface area contributed by atoms with Crippen molar-refractivity contribution in [3.63, 3.8) is 0 Å². The molecule has 5 nitrogen and oxygen atoms in total. The quantitative estimate of drug-likeness (QED) is 0.651. The van der Waals surface area contributed by atoms with Crippen LogP contribution in [0.25, 0.3) is 0 Å². The molecule has 1 aromatic carbocycles. The second-order valence-electron chi connectivity index (χ2n) is 6.37. The smallest absolute Gasteiger partial charge is 0.232 e. The molecule has 6 heteroatoms. The highest BCUT2D eigenvalue weighted by Gasteiger charge is 2.18. The fraction of sp³-hybridized carbons (Fsp3) is 0.625. The number of aliphatic hydroxyl groups is 1. The van der Waals surface area contributed by atoms with Crippen molar-refractivity contribution in [1.82, 2.24) is 5.32 Å². The summed E-state index contributed by atoms with van der Waals surface area (Å²) in [7, 11) is -3.23. The molecule has 1 atom stereocenters. The van der Waals surface area contributed by atoms with Gasteiger partial charge in [0.05, 0.1) is 5.75 Å². The second-order valence-corrected chi connectivity index (χ2v) is 8.38. The van der Waals surface area contributed by atoms with Crippen LogP contribution in [-0.4, -0.2) is 32.4 Å². The Hall–Kier alpha value is -1.11. The van der Waals surface area contributed by atoms with E-state index in [2.05, 4.69) is 30.8 Å². The molecule has 0 aliphatic carbocycles. The first-order valence-electron chi connectivity index (χ1n) is 7.64. The molecule has 0 saturated carbocycles. The van der Waals surface area contributed by atoms with E-state index in [4.69, 9.17) is 5.11 Å². The number of benzene rings is 1. The second kappa shape index (κ2) is 7.94. The fourth-order valence-corrected chi connectivity index (χ4v) is 2.67. The molecule has 0 heterocycles. The number of hydrogen-bond donors (Lipinski definition) is 3. The van der Waals surface area contributed by atoms with Gasteiger partial charge in [-0.15, -0.1) is 0 Å². The summed E-state index contributed by atoms with van der Waals surface area (Å²) in [4.78, 5) is 0. The zero-order valence-electron chi connectivity index (χ0n) is 13.9. The molecular weight excluding hydrogens is 300 g/mol. The van der Waals surface area contributed by atoms with Crippen LogP contribution in [0.15, 0.2) is 24.3 Å². The Kier molecular flexibility index (Phi) is 6.84. The topological polar surface area (TPSA) is 78.4 Å². The largest absolute Gasteiger partial charge is 0.396 e. The van der Waals surface area contributed by atoms with Gasteiger partial charge < -0.3 is 10.4 Å². The van der Waals surface area contributed by atoms with E-state index in [0.29, 0.717) is 5.69 Å². The number of rotatable bonds is 9. The van der Waals surface area contributed by atoms with Crippen LogP contribution in [0.2, 0.25) is 0 Å². The Labute approximate surface area is 134 Å². The number of anilines is 1. The molecule has 0 fully saturated rings. The third-order valence-corrected chi connectivity index (χ3v) is 5.05. The maximum Gasteiger partial charge on any atom is 0.232 e.